The summed E-state index contributed by atoms with van der Waals surface area (Å²) in [4.78, 5) is 2.49. The first-order chi connectivity index (χ1) is 8.11. The van der Waals surface area contributed by atoms with E-state index in [4.69, 9.17) is 11.6 Å². The first-order valence-electron chi connectivity index (χ1n) is 6.08. The maximum absolute atomic E-state index is 6.27. The second-order valence-electron chi connectivity index (χ2n) is 4.88. The van der Waals surface area contributed by atoms with Gasteiger partial charge in [0.25, 0.3) is 0 Å². The topological polar surface area (TPSA) is 21.1 Å². The molecule has 1 atom stereocenters. The molecular weight excluding hydrogens is 302 g/mol. The first-order valence-corrected chi connectivity index (χ1v) is 7.58. The van der Waals surface area contributed by atoms with Crippen LogP contribution in [0.25, 0.3) is 0 Å². The zero-order valence-corrected chi connectivity index (χ0v) is 12.8. The minimum atomic E-state index is 0.777. The van der Waals surface area contributed by atoms with Crippen molar-refractivity contribution < 1.29 is 0 Å². The molecule has 3 nitrogen and oxygen atoms in total. The van der Waals surface area contributed by atoms with Crippen molar-refractivity contribution >= 4 is 27.5 Å². The first kappa shape index (κ1) is 13.4. The van der Waals surface area contributed by atoms with Gasteiger partial charge in [0.05, 0.1) is 5.69 Å². The lowest BCUT2D eigenvalue weighted by molar-refractivity contribution is 0.179. The van der Waals surface area contributed by atoms with E-state index in [9.17, 15) is 0 Å². The Labute approximate surface area is 116 Å². The molecular formula is C12H19BrClN3. The summed E-state index contributed by atoms with van der Waals surface area (Å²) in [6, 6.07) is 0. The van der Waals surface area contributed by atoms with Crippen molar-refractivity contribution in [3.63, 3.8) is 0 Å². The third-order valence-electron chi connectivity index (χ3n) is 3.47. The molecule has 2 rings (SSSR count). The second-order valence-corrected chi connectivity index (χ2v) is 5.88. The Morgan fingerprint density at radius 2 is 2.29 bits per heavy atom. The molecule has 96 valence electrons. The predicted octanol–water partition coefficient (Wildman–Crippen LogP) is 2.99. The molecule has 0 aromatic carbocycles. The van der Waals surface area contributed by atoms with Crippen LogP contribution in [-0.4, -0.2) is 33.1 Å². The van der Waals surface area contributed by atoms with Gasteiger partial charge in [-0.1, -0.05) is 27.5 Å². The minimum absolute atomic E-state index is 0.777. The number of piperidine rings is 1. The summed E-state index contributed by atoms with van der Waals surface area (Å²) in [7, 11) is 1.90. The average molecular weight is 321 g/mol. The number of rotatable bonds is 3. The van der Waals surface area contributed by atoms with Gasteiger partial charge < -0.3 is 0 Å². The maximum Gasteiger partial charge on any atom is 0.131 e. The lowest BCUT2D eigenvalue weighted by atomic mass is 10.00. The molecule has 1 aromatic heterocycles. The largest absolute Gasteiger partial charge is 0.299 e. The van der Waals surface area contributed by atoms with Crippen LogP contribution in [-0.2, 0) is 13.6 Å². The highest BCUT2D eigenvalue weighted by molar-refractivity contribution is 9.09. The molecule has 1 fully saturated rings. The van der Waals surface area contributed by atoms with Gasteiger partial charge in [0, 0.05) is 31.0 Å². The lowest BCUT2D eigenvalue weighted by Gasteiger charge is -2.31. The van der Waals surface area contributed by atoms with E-state index >= 15 is 0 Å². The Kier molecular flexibility index (Phi) is 4.50. The van der Waals surface area contributed by atoms with Crippen molar-refractivity contribution in [3.8, 4) is 0 Å². The van der Waals surface area contributed by atoms with Crippen LogP contribution in [0, 0.1) is 12.8 Å². The Balaban J connectivity index is 2.05. The highest BCUT2D eigenvalue weighted by Gasteiger charge is 2.21. The smallest absolute Gasteiger partial charge is 0.131 e. The fourth-order valence-corrected chi connectivity index (χ4v) is 3.26. The molecule has 1 aromatic rings. The molecule has 0 bridgehead atoms. The predicted molar refractivity (Wildman–Crippen MR) is 74.8 cm³/mol. The van der Waals surface area contributed by atoms with Gasteiger partial charge in [-0.05, 0) is 32.2 Å². The van der Waals surface area contributed by atoms with Crippen LogP contribution in [0.3, 0.4) is 0 Å². The molecule has 17 heavy (non-hydrogen) atoms. The summed E-state index contributed by atoms with van der Waals surface area (Å²) in [5.74, 6) is 0.777. The third-order valence-corrected chi connectivity index (χ3v) is 4.86. The van der Waals surface area contributed by atoms with E-state index in [1.165, 1.54) is 24.9 Å². The summed E-state index contributed by atoms with van der Waals surface area (Å²) in [5.41, 5.74) is 2.24. The van der Waals surface area contributed by atoms with Crippen LogP contribution in [0.2, 0.25) is 5.15 Å². The summed E-state index contributed by atoms with van der Waals surface area (Å²) in [5, 5.41) is 6.25. The van der Waals surface area contributed by atoms with Gasteiger partial charge in [-0.25, -0.2) is 0 Å². The Morgan fingerprint density at radius 1 is 1.53 bits per heavy atom. The lowest BCUT2D eigenvalue weighted by Crippen LogP contribution is -2.35. The van der Waals surface area contributed by atoms with Crippen LogP contribution in [0.1, 0.15) is 24.1 Å². The van der Waals surface area contributed by atoms with Crippen LogP contribution < -0.4 is 0 Å². The van der Waals surface area contributed by atoms with E-state index in [0.29, 0.717) is 0 Å². The van der Waals surface area contributed by atoms with Gasteiger partial charge in [-0.15, -0.1) is 0 Å². The van der Waals surface area contributed by atoms with Crippen LogP contribution >= 0.6 is 27.5 Å². The van der Waals surface area contributed by atoms with Gasteiger partial charge >= 0.3 is 0 Å². The molecule has 1 saturated heterocycles. The van der Waals surface area contributed by atoms with Gasteiger partial charge in [0.1, 0.15) is 5.15 Å². The second kappa shape index (κ2) is 5.72. The fraction of sp³-hybridized carbons (Fsp3) is 0.750. The molecule has 5 heteroatoms. The SMILES string of the molecule is Cc1nn(C)c(Cl)c1CN1CCCC(CBr)C1. The number of hydrogen-bond acceptors (Lipinski definition) is 2. The molecule has 1 aliphatic heterocycles. The zero-order chi connectivity index (χ0) is 12.4. The number of halogens is 2. The average Bonchev–Trinajstić information content (AvgIpc) is 2.56. The van der Waals surface area contributed by atoms with Gasteiger partial charge in [-0.3, -0.25) is 9.58 Å². The standard InChI is InChI=1S/C12H19BrClN3/c1-9-11(12(14)16(2)15-9)8-17-5-3-4-10(6-13)7-17/h10H,3-8H2,1-2H3. The molecule has 1 unspecified atom stereocenters. The maximum atomic E-state index is 6.27. The van der Waals surface area contributed by atoms with Crippen molar-refractivity contribution in [2.75, 3.05) is 18.4 Å². The molecule has 0 spiro atoms. The molecule has 1 aliphatic rings. The van der Waals surface area contributed by atoms with Crippen LogP contribution in [0.5, 0.6) is 0 Å². The number of hydrogen-bond donors (Lipinski definition) is 0. The third kappa shape index (κ3) is 3.04. The van der Waals surface area contributed by atoms with Crippen LogP contribution in [0.4, 0.5) is 0 Å². The highest BCUT2D eigenvalue weighted by Crippen LogP contribution is 2.24. The minimum Gasteiger partial charge on any atom is -0.299 e. The summed E-state index contributed by atoms with van der Waals surface area (Å²) < 4.78 is 1.76. The van der Waals surface area contributed by atoms with Gasteiger partial charge in [-0.2, -0.15) is 5.10 Å². The van der Waals surface area contributed by atoms with Crippen molar-refractivity contribution in [3.05, 3.63) is 16.4 Å². The van der Waals surface area contributed by atoms with E-state index in [2.05, 4.69) is 25.9 Å². The Hall–Kier alpha value is -0.0600. The molecule has 0 saturated carbocycles. The van der Waals surface area contributed by atoms with E-state index in [1.807, 2.05) is 14.0 Å². The number of aryl methyl sites for hydroxylation is 2. The Morgan fingerprint density at radius 3 is 2.88 bits per heavy atom. The van der Waals surface area contributed by atoms with Crippen molar-refractivity contribution in [2.24, 2.45) is 13.0 Å². The van der Waals surface area contributed by atoms with Gasteiger partial charge in [0.15, 0.2) is 0 Å². The number of aromatic nitrogens is 2. The van der Waals surface area contributed by atoms with Gasteiger partial charge in [0.2, 0.25) is 0 Å². The van der Waals surface area contributed by atoms with E-state index in [1.54, 1.807) is 4.68 Å². The van der Waals surface area contributed by atoms with Crippen molar-refractivity contribution in [2.45, 2.75) is 26.3 Å². The van der Waals surface area contributed by atoms with Crippen molar-refractivity contribution in [1.82, 2.24) is 14.7 Å². The van der Waals surface area contributed by atoms with E-state index in [-0.39, 0.29) is 0 Å². The number of nitrogens with zero attached hydrogens (tertiary/aromatic N) is 3. The monoisotopic (exact) mass is 319 g/mol. The number of alkyl halides is 1. The zero-order valence-electron chi connectivity index (χ0n) is 10.4. The van der Waals surface area contributed by atoms with Crippen LogP contribution in [0.15, 0.2) is 0 Å². The summed E-state index contributed by atoms with van der Waals surface area (Å²) in [6.45, 7) is 5.30. The molecule has 0 aliphatic carbocycles. The summed E-state index contributed by atoms with van der Waals surface area (Å²) in [6.07, 6.45) is 2.62. The summed E-state index contributed by atoms with van der Waals surface area (Å²) >= 11 is 9.86. The normalized spacial score (nSPS) is 22.0. The highest BCUT2D eigenvalue weighted by atomic mass is 79.9. The number of likely N-dealkylation sites (tertiary alicyclic amines) is 1. The molecule has 2 heterocycles. The van der Waals surface area contributed by atoms with E-state index in [0.717, 1.165) is 35.2 Å². The molecule has 0 N–H and O–H groups in total. The quantitative estimate of drug-likeness (QED) is 0.798. The molecule has 0 amide bonds. The van der Waals surface area contributed by atoms with E-state index < -0.39 is 0 Å². The fourth-order valence-electron chi connectivity index (χ4n) is 2.50. The molecule has 0 radical (unpaired) electrons. The van der Waals surface area contributed by atoms with Crippen molar-refractivity contribution in [1.29, 1.82) is 0 Å². The Bertz CT molecular complexity index is 391.